The lowest BCUT2D eigenvalue weighted by molar-refractivity contribution is -0.142. The summed E-state index contributed by atoms with van der Waals surface area (Å²) in [5.41, 5.74) is 6.32. The number of nitrogens with zero attached hydrogens (tertiary/aromatic N) is 1. The van der Waals surface area contributed by atoms with Gasteiger partial charge in [-0.15, -0.1) is 0 Å². The minimum absolute atomic E-state index is 0.0471. The summed E-state index contributed by atoms with van der Waals surface area (Å²) >= 11 is 1.37. The third-order valence-electron chi connectivity index (χ3n) is 17.5. The Balaban J connectivity index is 2.42. The number of amides is 7. The van der Waals surface area contributed by atoms with Crippen LogP contribution in [0.4, 0.5) is 0 Å². The SMILES string of the molecule is CSC[C@H](NC(=O)CCC(=O)[C@H](CC(C)C)NC(=O)[C@@H]1CCCN1C(=O)COCCCC(=O)[C@@H](Cc1ccc(C(C)=O)cc1)NC(=O)[C@@H](CCC(=O)O)CC(=O)[C@@H](CCC(=O)O)NC(=O)[C@@H](CCC(=O)O)CC(=O)[C@@H](CCC(=O)O)NC(=O)[C@@H](CCC(=O)O)CC(=O)[C@@H](CCCCN)NC(C)=O)C(C)=O. The molecule has 1 aliphatic heterocycles. The Morgan fingerprint density at radius 1 is 0.514 bits per heavy atom. The van der Waals surface area contributed by atoms with Crippen LogP contribution in [0.2, 0.25) is 0 Å². The summed E-state index contributed by atoms with van der Waals surface area (Å²) in [6.07, 6.45) is -6.74. The molecule has 105 heavy (non-hydrogen) atoms. The standard InChI is InChI=1S/C71H104N8O25S/c1-40(2)33-52(57(84)23-24-61(88)74-54(39-105-6)42(4)81)78-71(103)55-12-9-31-79(55)62(89)38-104-32-10-13-56(83)53(34-44-14-16-45(17-15-44)41(3)80)77-70(102)48(20-27-65(94)95)37-60(87)51(22-29-67(98)99)76-69(101)47(19-26-64(92)93)36-59(86)50(21-28-66(96)97)75-68(100)46(18-25-63(90)91)35-58(85)49(73-43(5)82)11-7-8-30-72/h14-17,40,46-55H,7-13,18-39,72H2,1-6H3,(H,73,82)(H,74,88)(H,75,100)(H,76,101)(H,77,102)(H,78,103)(H,90,91)(H,92,93)(H,94,95)(H,96,97)(H,98,99)/t46-,47-,48-,49+,50+,51+,52-,53+,54-,55-/m0/s1. The Kier molecular flexibility index (Phi) is 42.7. The number of carboxylic acids is 5. The molecule has 10 atom stereocenters. The van der Waals surface area contributed by atoms with Gasteiger partial charge >= 0.3 is 29.8 Å². The molecule has 0 radical (unpaired) electrons. The van der Waals surface area contributed by atoms with E-state index >= 15 is 0 Å². The number of aliphatic carboxylic acids is 5. The van der Waals surface area contributed by atoms with Crippen LogP contribution in [-0.2, 0) is 97.5 Å². The smallest absolute Gasteiger partial charge is 0.303 e. The average molecular weight is 1500 g/mol. The zero-order valence-corrected chi connectivity index (χ0v) is 61.3. The summed E-state index contributed by atoms with van der Waals surface area (Å²) in [5.74, 6) is -21.7. The second kappa shape index (κ2) is 48.8. The summed E-state index contributed by atoms with van der Waals surface area (Å²) in [4.78, 5) is 250. The molecule has 0 saturated carbocycles. The first-order chi connectivity index (χ1) is 49.5. The highest BCUT2D eigenvalue weighted by Crippen LogP contribution is 2.24. The van der Waals surface area contributed by atoms with Crippen LogP contribution < -0.4 is 37.6 Å². The normalized spacial score (nSPS) is 15.2. The third-order valence-corrected chi connectivity index (χ3v) is 18.1. The summed E-state index contributed by atoms with van der Waals surface area (Å²) in [7, 11) is 0. The van der Waals surface area contributed by atoms with Crippen LogP contribution in [-0.4, -0.2) is 223 Å². The van der Waals surface area contributed by atoms with Gasteiger partial charge in [0.05, 0.1) is 36.3 Å². The van der Waals surface area contributed by atoms with Gasteiger partial charge in [-0.1, -0.05) is 38.1 Å². The Hall–Kier alpha value is -9.18. The molecule has 2 rings (SSSR count). The van der Waals surface area contributed by atoms with Crippen LogP contribution in [0, 0.1) is 23.7 Å². The van der Waals surface area contributed by atoms with Crippen LogP contribution in [0.1, 0.15) is 198 Å². The van der Waals surface area contributed by atoms with E-state index in [1.54, 1.807) is 6.26 Å². The first-order valence-electron chi connectivity index (χ1n) is 35.1. The fourth-order valence-electron chi connectivity index (χ4n) is 11.7. The topological polar surface area (TPSA) is 536 Å². The molecule has 1 saturated heterocycles. The number of nitrogens with one attached hydrogen (secondary N) is 6. The first kappa shape index (κ1) is 91.9. The van der Waals surface area contributed by atoms with E-state index in [4.69, 9.17) is 10.5 Å². The number of benzene rings is 1. The number of hydrogen-bond acceptors (Lipinski definition) is 22. The Labute approximate surface area is 613 Å². The monoisotopic (exact) mass is 1500 g/mol. The van der Waals surface area contributed by atoms with Gasteiger partial charge in [-0.25, -0.2) is 0 Å². The Morgan fingerprint density at radius 2 is 0.971 bits per heavy atom. The molecule has 34 heteroatoms. The summed E-state index contributed by atoms with van der Waals surface area (Å²) in [6.45, 7) is 7.21. The number of carboxylic acid groups (broad SMARTS) is 5. The zero-order chi connectivity index (χ0) is 79.0. The minimum Gasteiger partial charge on any atom is -0.481 e. The molecular weight excluding hydrogens is 1400 g/mol. The maximum absolute atomic E-state index is 14.5. The molecule has 1 aromatic carbocycles. The van der Waals surface area contributed by atoms with Gasteiger partial charge < -0.3 is 72.8 Å². The molecule has 0 spiro atoms. The van der Waals surface area contributed by atoms with E-state index < -0.39 is 250 Å². The fraction of sp³-hybridized carbons (Fsp3) is 0.648. The second-order valence-electron chi connectivity index (χ2n) is 26.7. The maximum atomic E-state index is 14.5. The number of likely N-dealkylation sites (tertiary alicyclic amines) is 1. The minimum atomic E-state index is -1.84. The number of nitrogens with two attached hydrogens (primary N) is 1. The van der Waals surface area contributed by atoms with E-state index in [9.17, 15) is 117 Å². The molecule has 584 valence electrons. The molecule has 1 aromatic rings. The highest BCUT2D eigenvalue weighted by atomic mass is 32.2. The van der Waals surface area contributed by atoms with Crippen molar-refractivity contribution < 1.29 is 121 Å². The van der Waals surface area contributed by atoms with E-state index in [2.05, 4.69) is 31.9 Å². The van der Waals surface area contributed by atoms with Gasteiger partial charge in [-0.2, -0.15) is 11.8 Å². The van der Waals surface area contributed by atoms with Crippen molar-refractivity contribution in [1.82, 2.24) is 36.8 Å². The van der Waals surface area contributed by atoms with Gasteiger partial charge in [-0.05, 0) is 122 Å². The lowest BCUT2D eigenvalue weighted by Gasteiger charge is -2.27. The molecule has 1 heterocycles. The summed E-state index contributed by atoms with van der Waals surface area (Å²) in [6, 6.07) is -2.85. The number of hydrogen-bond donors (Lipinski definition) is 12. The molecule has 0 aliphatic carbocycles. The first-order valence-corrected chi connectivity index (χ1v) is 36.5. The molecular formula is C71H104N8O25S. The fourth-order valence-corrected chi connectivity index (χ4v) is 12.3. The molecule has 0 unspecified atom stereocenters. The van der Waals surface area contributed by atoms with E-state index in [-0.39, 0.29) is 88.5 Å². The van der Waals surface area contributed by atoms with Crippen LogP contribution >= 0.6 is 11.8 Å². The quantitative estimate of drug-likeness (QED) is 0.0329. The van der Waals surface area contributed by atoms with Crippen molar-refractivity contribution in [3.05, 3.63) is 35.4 Å². The van der Waals surface area contributed by atoms with Gasteiger partial charge in [0.1, 0.15) is 12.6 Å². The third kappa shape index (κ3) is 36.9. The number of ketones is 7. The van der Waals surface area contributed by atoms with Crippen LogP contribution in [0.5, 0.6) is 0 Å². The van der Waals surface area contributed by atoms with E-state index in [0.717, 1.165) is 6.92 Å². The van der Waals surface area contributed by atoms with Crippen molar-refractivity contribution in [2.45, 2.75) is 231 Å². The lowest BCUT2D eigenvalue weighted by atomic mass is 9.88. The molecule has 0 bridgehead atoms. The largest absolute Gasteiger partial charge is 0.481 e. The molecule has 33 nitrogen and oxygen atoms in total. The van der Waals surface area contributed by atoms with E-state index in [1.165, 1.54) is 54.8 Å². The van der Waals surface area contributed by atoms with Crippen LogP contribution in [0.15, 0.2) is 24.3 Å². The second-order valence-corrected chi connectivity index (χ2v) is 27.6. The number of thioether (sulfide) groups is 1. The number of unbranched alkanes of at least 4 members (excludes halogenated alkanes) is 1. The van der Waals surface area contributed by atoms with Gasteiger partial charge in [-0.3, -0.25) is 91.1 Å². The Morgan fingerprint density at radius 3 is 1.40 bits per heavy atom. The van der Waals surface area contributed by atoms with Gasteiger partial charge in [0.15, 0.2) is 40.5 Å². The van der Waals surface area contributed by atoms with Crippen molar-refractivity contribution in [2.24, 2.45) is 29.4 Å². The lowest BCUT2D eigenvalue weighted by Crippen LogP contribution is -2.52. The van der Waals surface area contributed by atoms with Crippen molar-refractivity contribution >= 4 is 123 Å². The molecule has 1 fully saturated rings. The van der Waals surface area contributed by atoms with E-state index in [1.807, 2.05) is 13.8 Å². The van der Waals surface area contributed by atoms with Crippen LogP contribution in [0.3, 0.4) is 0 Å². The molecule has 0 aromatic heterocycles. The summed E-state index contributed by atoms with van der Waals surface area (Å²) < 4.78 is 5.68. The number of carbonyl (C=O) groups excluding carboxylic acids is 14. The van der Waals surface area contributed by atoms with Crippen molar-refractivity contribution in [3.8, 4) is 0 Å². The number of carbonyl (C=O) groups is 19. The number of ether oxygens (including phenoxy) is 1. The van der Waals surface area contributed by atoms with Crippen LogP contribution in [0.25, 0.3) is 0 Å². The van der Waals surface area contributed by atoms with Crippen molar-refractivity contribution in [3.63, 3.8) is 0 Å². The highest BCUT2D eigenvalue weighted by Gasteiger charge is 2.39. The van der Waals surface area contributed by atoms with E-state index in [0.29, 0.717) is 36.1 Å². The molecule has 1 aliphatic rings. The predicted octanol–water partition coefficient (Wildman–Crippen LogP) is 2.24. The van der Waals surface area contributed by atoms with Gasteiger partial charge in [0.25, 0.3) is 0 Å². The van der Waals surface area contributed by atoms with Gasteiger partial charge in [0, 0.05) is 120 Å². The van der Waals surface area contributed by atoms with Crippen molar-refractivity contribution in [2.75, 3.05) is 38.3 Å². The molecule has 7 amide bonds. The number of rotatable bonds is 57. The van der Waals surface area contributed by atoms with Gasteiger partial charge in [0.2, 0.25) is 41.4 Å². The Bertz CT molecular complexity index is 3230. The average Bonchev–Trinajstić information content (AvgIpc) is 1.80. The summed E-state index contributed by atoms with van der Waals surface area (Å²) in [5, 5.41) is 63.5. The number of Topliss-reactive ketones (excluding diaryl/α,β-unsaturated/α-hetero) is 7. The predicted molar refractivity (Wildman–Crippen MR) is 377 cm³/mol. The maximum Gasteiger partial charge on any atom is 0.303 e. The van der Waals surface area contributed by atoms with Crippen molar-refractivity contribution in [1.29, 1.82) is 0 Å². The highest BCUT2D eigenvalue weighted by molar-refractivity contribution is 7.98. The zero-order valence-electron chi connectivity index (χ0n) is 60.5. The molecule has 13 N–H and O–H groups in total.